The third-order valence-corrected chi connectivity index (χ3v) is 3.62. The van der Waals surface area contributed by atoms with Crippen molar-refractivity contribution in [3.05, 3.63) is 0 Å². The van der Waals surface area contributed by atoms with Gasteiger partial charge in [0.25, 0.3) is 0 Å². The number of hydrogen-bond donors (Lipinski definition) is 1. The Labute approximate surface area is 99.8 Å². The van der Waals surface area contributed by atoms with Crippen molar-refractivity contribution in [1.82, 2.24) is 4.90 Å². The molecule has 1 aliphatic rings. The lowest BCUT2D eigenvalue weighted by molar-refractivity contribution is 0.0138. The molecule has 1 unspecified atom stereocenters. The van der Waals surface area contributed by atoms with Crippen LogP contribution in [-0.2, 0) is 4.74 Å². The Morgan fingerprint density at radius 1 is 1.31 bits per heavy atom. The Hall–Kier alpha value is -0.120. The summed E-state index contributed by atoms with van der Waals surface area (Å²) in [6, 6.07) is 0.660. The number of likely N-dealkylation sites (N-methyl/N-ethyl adjacent to an activating group) is 1. The largest absolute Gasteiger partial charge is 0.389 e. The van der Waals surface area contributed by atoms with Gasteiger partial charge < -0.3 is 14.7 Å². The molecule has 3 nitrogen and oxygen atoms in total. The molecule has 1 rings (SSSR count). The number of ether oxygens (including phenoxy) is 1. The van der Waals surface area contributed by atoms with E-state index in [2.05, 4.69) is 18.9 Å². The SMILES string of the molecule is CCOCC(O)CN(C)C1CCC(C)CC1. The van der Waals surface area contributed by atoms with Gasteiger partial charge in [0.15, 0.2) is 0 Å². The Balaban J connectivity index is 2.20. The molecule has 1 atom stereocenters. The van der Waals surface area contributed by atoms with Crippen molar-refractivity contribution in [2.75, 3.05) is 26.8 Å². The summed E-state index contributed by atoms with van der Waals surface area (Å²) in [6.07, 6.45) is 4.87. The summed E-state index contributed by atoms with van der Waals surface area (Å²) < 4.78 is 5.22. The first kappa shape index (κ1) is 13.9. The average molecular weight is 229 g/mol. The Kier molecular flexibility index (Phi) is 6.32. The van der Waals surface area contributed by atoms with Crippen molar-refractivity contribution in [2.45, 2.75) is 51.7 Å². The minimum atomic E-state index is -0.343. The first-order valence-electron chi connectivity index (χ1n) is 6.59. The summed E-state index contributed by atoms with van der Waals surface area (Å²) in [4.78, 5) is 2.30. The zero-order chi connectivity index (χ0) is 12.0. The molecular formula is C13H27NO2. The van der Waals surface area contributed by atoms with Crippen molar-refractivity contribution in [1.29, 1.82) is 0 Å². The van der Waals surface area contributed by atoms with Crippen LogP contribution in [0.3, 0.4) is 0 Å². The van der Waals surface area contributed by atoms with Crippen molar-refractivity contribution < 1.29 is 9.84 Å². The fourth-order valence-corrected chi connectivity index (χ4v) is 2.47. The van der Waals surface area contributed by atoms with E-state index in [0.29, 0.717) is 19.3 Å². The molecule has 16 heavy (non-hydrogen) atoms. The number of aliphatic hydroxyl groups excluding tert-OH is 1. The van der Waals surface area contributed by atoms with E-state index in [-0.39, 0.29) is 6.10 Å². The quantitative estimate of drug-likeness (QED) is 0.755. The molecule has 0 spiro atoms. The summed E-state index contributed by atoms with van der Waals surface area (Å²) in [7, 11) is 2.12. The number of nitrogens with zero attached hydrogens (tertiary/aromatic N) is 1. The van der Waals surface area contributed by atoms with Crippen molar-refractivity contribution in [2.24, 2.45) is 5.92 Å². The summed E-state index contributed by atoms with van der Waals surface area (Å²) in [5, 5.41) is 9.77. The fraction of sp³-hybridized carbons (Fsp3) is 1.00. The molecule has 1 aliphatic carbocycles. The predicted molar refractivity (Wildman–Crippen MR) is 66.5 cm³/mol. The zero-order valence-corrected chi connectivity index (χ0v) is 11.0. The van der Waals surface area contributed by atoms with Gasteiger partial charge in [0.05, 0.1) is 12.7 Å². The van der Waals surface area contributed by atoms with Gasteiger partial charge in [-0.25, -0.2) is 0 Å². The summed E-state index contributed by atoms with van der Waals surface area (Å²) in [5.41, 5.74) is 0. The molecule has 1 saturated carbocycles. The van der Waals surface area contributed by atoms with Crippen LogP contribution in [0.2, 0.25) is 0 Å². The fourth-order valence-electron chi connectivity index (χ4n) is 2.47. The Bertz CT molecular complexity index is 179. The van der Waals surface area contributed by atoms with Crippen LogP contribution in [0.1, 0.15) is 39.5 Å². The smallest absolute Gasteiger partial charge is 0.0900 e. The number of hydrogen-bond acceptors (Lipinski definition) is 3. The van der Waals surface area contributed by atoms with Gasteiger partial charge in [-0.15, -0.1) is 0 Å². The van der Waals surface area contributed by atoms with Crippen molar-refractivity contribution in [3.8, 4) is 0 Å². The molecule has 0 saturated heterocycles. The summed E-state index contributed by atoms with van der Waals surface area (Å²) in [6.45, 7) is 6.17. The van der Waals surface area contributed by atoms with Gasteiger partial charge in [-0.05, 0) is 45.6 Å². The molecule has 0 bridgehead atoms. The van der Waals surface area contributed by atoms with Crippen LogP contribution in [0.15, 0.2) is 0 Å². The first-order chi connectivity index (χ1) is 7.63. The van der Waals surface area contributed by atoms with E-state index in [9.17, 15) is 5.11 Å². The maximum absolute atomic E-state index is 9.77. The molecule has 0 aromatic carbocycles. The highest BCUT2D eigenvalue weighted by atomic mass is 16.5. The van der Waals surface area contributed by atoms with Crippen LogP contribution < -0.4 is 0 Å². The van der Waals surface area contributed by atoms with Gasteiger partial charge in [-0.2, -0.15) is 0 Å². The highest BCUT2D eigenvalue weighted by Crippen LogP contribution is 2.26. The van der Waals surface area contributed by atoms with E-state index in [1.807, 2.05) is 6.92 Å². The third kappa shape index (κ3) is 4.81. The molecular weight excluding hydrogens is 202 g/mol. The van der Waals surface area contributed by atoms with E-state index < -0.39 is 0 Å². The van der Waals surface area contributed by atoms with E-state index in [1.54, 1.807) is 0 Å². The standard InChI is InChI=1S/C13H27NO2/c1-4-16-10-13(15)9-14(3)12-7-5-11(2)6-8-12/h11-13,15H,4-10H2,1-3H3. The molecule has 3 heteroatoms. The normalized spacial score (nSPS) is 28.3. The maximum Gasteiger partial charge on any atom is 0.0900 e. The number of aliphatic hydroxyl groups is 1. The monoisotopic (exact) mass is 229 g/mol. The molecule has 0 amide bonds. The van der Waals surface area contributed by atoms with Crippen LogP contribution in [-0.4, -0.2) is 49.0 Å². The highest BCUT2D eigenvalue weighted by Gasteiger charge is 2.22. The van der Waals surface area contributed by atoms with Gasteiger partial charge in [0.2, 0.25) is 0 Å². The predicted octanol–water partition coefficient (Wildman–Crippen LogP) is 1.89. The van der Waals surface area contributed by atoms with Crippen LogP contribution in [0.5, 0.6) is 0 Å². The van der Waals surface area contributed by atoms with Crippen LogP contribution in [0.4, 0.5) is 0 Å². The zero-order valence-electron chi connectivity index (χ0n) is 11.0. The average Bonchev–Trinajstić information content (AvgIpc) is 2.27. The molecule has 0 aromatic heterocycles. The topological polar surface area (TPSA) is 32.7 Å². The highest BCUT2D eigenvalue weighted by molar-refractivity contribution is 4.77. The molecule has 1 N–H and O–H groups in total. The lowest BCUT2D eigenvalue weighted by atomic mass is 9.87. The molecule has 96 valence electrons. The molecule has 0 heterocycles. The van der Waals surface area contributed by atoms with Gasteiger partial charge in [-0.3, -0.25) is 0 Å². The van der Waals surface area contributed by atoms with Gasteiger partial charge >= 0.3 is 0 Å². The molecule has 0 aromatic rings. The third-order valence-electron chi connectivity index (χ3n) is 3.62. The first-order valence-corrected chi connectivity index (χ1v) is 6.59. The van der Waals surface area contributed by atoms with Crippen LogP contribution in [0, 0.1) is 5.92 Å². The summed E-state index contributed by atoms with van der Waals surface area (Å²) >= 11 is 0. The Morgan fingerprint density at radius 3 is 2.50 bits per heavy atom. The van der Waals surface area contributed by atoms with Crippen molar-refractivity contribution in [3.63, 3.8) is 0 Å². The van der Waals surface area contributed by atoms with E-state index in [1.165, 1.54) is 25.7 Å². The van der Waals surface area contributed by atoms with E-state index >= 15 is 0 Å². The second-order valence-corrected chi connectivity index (χ2v) is 5.17. The second kappa shape index (κ2) is 7.25. The van der Waals surface area contributed by atoms with Crippen LogP contribution in [0.25, 0.3) is 0 Å². The minimum Gasteiger partial charge on any atom is -0.389 e. The minimum absolute atomic E-state index is 0.343. The van der Waals surface area contributed by atoms with Gasteiger partial charge in [-0.1, -0.05) is 6.92 Å². The maximum atomic E-state index is 9.77. The lowest BCUT2D eigenvalue weighted by Gasteiger charge is -2.34. The Morgan fingerprint density at radius 2 is 1.94 bits per heavy atom. The second-order valence-electron chi connectivity index (χ2n) is 5.17. The van der Waals surface area contributed by atoms with Gasteiger partial charge in [0, 0.05) is 19.2 Å². The molecule has 0 aliphatic heterocycles. The molecule has 1 fully saturated rings. The van der Waals surface area contributed by atoms with E-state index in [0.717, 1.165) is 12.5 Å². The van der Waals surface area contributed by atoms with Crippen LogP contribution >= 0.6 is 0 Å². The van der Waals surface area contributed by atoms with Crippen molar-refractivity contribution >= 4 is 0 Å². The lowest BCUT2D eigenvalue weighted by Crippen LogP contribution is -2.40. The van der Waals surface area contributed by atoms with E-state index in [4.69, 9.17) is 4.74 Å². The summed E-state index contributed by atoms with van der Waals surface area (Å²) in [5.74, 6) is 0.887. The number of rotatable bonds is 6. The van der Waals surface area contributed by atoms with Gasteiger partial charge in [0.1, 0.15) is 0 Å². The molecule has 0 radical (unpaired) electrons.